The van der Waals surface area contributed by atoms with Gasteiger partial charge in [0.25, 0.3) is 0 Å². The van der Waals surface area contributed by atoms with Crippen LogP contribution in [-0.2, 0) is 0 Å². The van der Waals surface area contributed by atoms with Crippen LogP contribution in [0.25, 0.3) is 0 Å². The van der Waals surface area contributed by atoms with E-state index in [0.717, 1.165) is 5.69 Å². The van der Waals surface area contributed by atoms with E-state index in [1.165, 1.54) is 0 Å². The predicted octanol–water partition coefficient (Wildman–Crippen LogP) is 1.40. The van der Waals surface area contributed by atoms with Gasteiger partial charge in [-0.3, -0.25) is 0 Å². The smallest absolute Gasteiger partial charge is 0.115 e. The van der Waals surface area contributed by atoms with E-state index in [-0.39, 0.29) is 11.6 Å². The molecule has 0 aliphatic rings. The van der Waals surface area contributed by atoms with Gasteiger partial charge < -0.3 is 15.5 Å². The van der Waals surface area contributed by atoms with Gasteiger partial charge in [0.2, 0.25) is 0 Å². The summed E-state index contributed by atoms with van der Waals surface area (Å²) in [7, 11) is 0. The summed E-state index contributed by atoms with van der Waals surface area (Å²) in [4.78, 5) is 0. The van der Waals surface area contributed by atoms with Crippen molar-refractivity contribution in [1.82, 2.24) is 0 Å². The molecule has 0 aliphatic carbocycles. The van der Waals surface area contributed by atoms with Crippen molar-refractivity contribution in [2.75, 3.05) is 17.7 Å². The molecule has 1 aromatic carbocycles. The molecule has 13 heavy (non-hydrogen) atoms. The molecule has 72 valence electrons. The van der Waals surface area contributed by atoms with Gasteiger partial charge in [0.05, 0.1) is 12.0 Å². The lowest BCUT2D eigenvalue weighted by Gasteiger charge is -2.09. The average Bonchev–Trinajstić information content (AvgIpc) is 2.16. The van der Waals surface area contributed by atoms with Crippen LogP contribution >= 0.6 is 11.6 Å². The van der Waals surface area contributed by atoms with Crippen LogP contribution < -0.4 is 5.32 Å². The van der Waals surface area contributed by atoms with Gasteiger partial charge in [-0.15, -0.1) is 11.6 Å². The van der Waals surface area contributed by atoms with Crippen molar-refractivity contribution in [2.45, 2.75) is 6.10 Å². The Morgan fingerprint density at radius 2 is 1.92 bits per heavy atom. The molecular weight excluding hydrogens is 190 g/mol. The Hall–Kier alpha value is -0.930. The zero-order valence-corrected chi connectivity index (χ0v) is 7.83. The first-order chi connectivity index (χ1) is 6.22. The summed E-state index contributed by atoms with van der Waals surface area (Å²) in [5, 5.41) is 21.1. The topological polar surface area (TPSA) is 52.5 Å². The third-order valence-corrected chi connectivity index (χ3v) is 1.94. The van der Waals surface area contributed by atoms with Crippen molar-refractivity contribution in [3.8, 4) is 5.75 Å². The second kappa shape index (κ2) is 4.94. The maximum atomic E-state index is 9.13. The lowest BCUT2D eigenvalue weighted by molar-refractivity contribution is 0.211. The lowest BCUT2D eigenvalue weighted by Crippen LogP contribution is -2.20. The summed E-state index contributed by atoms with van der Waals surface area (Å²) in [6.07, 6.45) is -0.546. The van der Waals surface area contributed by atoms with Crippen LogP contribution in [-0.4, -0.2) is 28.7 Å². The largest absolute Gasteiger partial charge is 0.508 e. The molecule has 3 N–H and O–H groups in total. The number of alkyl halides is 1. The summed E-state index contributed by atoms with van der Waals surface area (Å²) in [5.74, 6) is 0.439. The number of hydrogen-bond acceptors (Lipinski definition) is 3. The second-order valence-electron chi connectivity index (χ2n) is 2.74. The minimum Gasteiger partial charge on any atom is -0.508 e. The minimum atomic E-state index is -0.546. The number of hydrogen-bond donors (Lipinski definition) is 3. The molecule has 0 heterocycles. The molecule has 4 heteroatoms. The fourth-order valence-corrected chi connectivity index (χ4v) is 0.979. The van der Waals surface area contributed by atoms with Gasteiger partial charge in [-0.05, 0) is 24.3 Å². The van der Waals surface area contributed by atoms with Crippen molar-refractivity contribution >= 4 is 17.3 Å². The summed E-state index contributed by atoms with van der Waals surface area (Å²) in [5.41, 5.74) is 0.849. The molecule has 0 saturated carbocycles. The van der Waals surface area contributed by atoms with Crippen molar-refractivity contribution in [3.05, 3.63) is 24.3 Å². The Morgan fingerprint density at radius 3 is 2.46 bits per heavy atom. The van der Waals surface area contributed by atoms with E-state index in [1.54, 1.807) is 24.3 Å². The minimum absolute atomic E-state index is 0.213. The van der Waals surface area contributed by atoms with Crippen LogP contribution in [0.5, 0.6) is 5.75 Å². The zero-order valence-electron chi connectivity index (χ0n) is 7.07. The molecule has 0 radical (unpaired) electrons. The summed E-state index contributed by atoms with van der Waals surface area (Å²) >= 11 is 5.41. The first kappa shape index (κ1) is 10.2. The lowest BCUT2D eigenvalue weighted by atomic mass is 10.3. The molecule has 0 aromatic heterocycles. The van der Waals surface area contributed by atoms with Crippen molar-refractivity contribution in [2.24, 2.45) is 0 Å². The third-order valence-electron chi connectivity index (χ3n) is 1.59. The number of phenolic OH excluding ortho intramolecular Hbond substituents is 1. The van der Waals surface area contributed by atoms with E-state index in [0.29, 0.717) is 6.54 Å². The Morgan fingerprint density at radius 1 is 1.31 bits per heavy atom. The van der Waals surface area contributed by atoms with Gasteiger partial charge in [-0.1, -0.05) is 0 Å². The van der Waals surface area contributed by atoms with Crippen molar-refractivity contribution in [3.63, 3.8) is 0 Å². The molecule has 1 unspecified atom stereocenters. The molecule has 0 aliphatic heterocycles. The number of benzene rings is 1. The van der Waals surface area contributed by atoms with Gasteiger partial charge in [-0.25, -0.2) is 0 Å². The van der Waals surface area contributed by atoms with E-state index in [2.05, 4.69) is 5.32 Å². The van der Waals surface area contributed by atoms with E-state index in [1.807, 2.05) is 0 Å². The maximum Gasteiger partial charge on any atom is 0.115 e. The number of anilines is 1. The van der Waals surface area contributed by atoms with Crippen LogP contribution in [0.1, 0.15) is 0 Å². The highest BCUT2D eigenvalue weighted by atomic mass is 35.5. The van der Waals surface area contributed by atoms with E-state index in [4.69, 9.17) is 21.8 Å². The van der Waals surface area contributed by atoms with Crippen LogP contribution in [0.4, 0.5) is 5.69 Å². The highest BCUT2D eigenvalue weighted by Crippen LogP contribution is 2.13. The molecule has 1 rings (SSSR count). The van der Waals surface area contributed by atoms with E-state index >= 15 is 0 Å². The first-order valence-electron chi connectivity index (χ1n) is 3.99. The maximum absolute atomic E-state index is 9.13. The van der Waals surface area contributed by atoms with E-state index in [9.17, 15) is 0 Å². The normalized spacial score (nSPS) is 12.5. The number of rotatable bonds is 4. The molecule has 3 nitrogen and oxygen atoms in total. The number of nitrogens with one attached hydrogen (secondary N) is 1. The summed E-state index contributed by atoms with van der Waals surface area (Å²) in [6, 6.07) is 6.62. The first-order valence-corrected chi connectivity index (χ1v) is 4.53. The number of aromatic hydroxyl groups is 1. The van der Waals surface area contributed by atoms with Gasteiger partial charge in [0.1, 0.15) is 5.75 Å². The molecule has 0 spiro atoms. The predicted molar refractivity (Wildman–Crippen MR) is 53.3 cm³/mol. The van der Waals surface area contributed by atoms with E-state index < -0.39 is 6.10 Å². The monoisotopic (exact) mass is 201 g/mol. The Labute approximate surface area is 82.0 Å². The average molecular weight is 202 g/mol. The highest BCUT2D eigenvalue weighted by molar-refractivity contribution is 6.18. The Balaban J connectivity index is 2.41. The quantitative estimate of drug-likeness (QED) is 0.510. The second-order valence-corrected chi connectivity index (χ2v) is 3.04. The SMILES string of the molecule is Oc1ccc(NCC(O)CCl)cc1. The molecule has 0 saturated heterocycles. The third kappa shape index (κ3) is 3.53. The van der Waals surface area contributed by atoms with Crippen LogP contribution in [0.15, 0.2) is 24.3 Å². The molecular formula is C9H12ClNO2. The van der Waals surface area contributed by atoms with Gasteiger partial charge in [-0.2, -0.15) is 0 Å². The van der Waals surface area contributed by atoms with Crippen LogP contribution in [0.2, 0.25) is 0 Å². The number of aliphatic hydroxyl groups excluding tert-OH is 1. The Kier molecular flexibility index (Phi) is 3.86. The number of aliphatic hydroxyl groups is 1. The van der Waals surface area contributed by atoms with Gasteiger partial charge in [0, 0.05) is 12.2 Å². The Bertz CT molecular complexity index is 250. The van der Waals surface area contributed by atoms with Crippen molar-refractivity contribution in [1.29, 1.82) is 0 Å². The fraction of sp³-hybridized carbons (Fsp3) is 0.333. The summed E-state index contributed by atoms with van der Waals surface area (Å²) in [6.45, 7) is 0.411. The summed E-state index contributed by atoms with van der Waals surface area (Å²) < 4.78 is 0. The standard InChI is InChI=1S/C9H12ClNO2/c10-5-9(13)6-11-7-1-3-8(12)4-2-7/h1-4,9,11-13H,5-6H2. The zero-order chi connectivity index (χ0) is 9.68. The molecule has 1 aromatic rings. The molecule has 0 amide bonds. The molecule has 1 atom stereocenters. The van der Waals surface area contributed by atoms with Gasteiger partial charge >= 0.3 is 0 Å². The van der Waals surface area contributed by atoms with Crippen LogP contribution in [0.3, 0.4) is 0 Å². The van der Waals surface area contributed by atoms with Crippen molar-refractivity contribution < 1.29 is 10.2 Å². The number of phenols is 1. The van der Waals surface area contributed by atoms with Crippen LogP contribution in [0, 0.1) is 0 Å². The molecule has 0 fully saturated rings. The highest BCUT2D eigenvalue weighted by Gasteiger charge is 2.00. The number of halogens is 1. The van der Waals surface area contributed by atoms with Gasteiger partial charge in [0.15, 0.2) is 0 Å². The molecule has 0 bridgehead atoms. The fourth-order valence-electron chi connectivity index (χ4n) is 0.869.